The third kappa shape index (κ3) is 3.95. The summed E-state index contributed by atoms with van der Waals surface area (Å²) in [7, 11) is 0. The average molecular weight is 305 g/mol. The Morgan fingerprint density at radius 1 is 1.24 bits per heavy atom. The SMILES string of the molecule is O=C(CCCCCBr)OC1C[NH+]2CCC1CC2. The molecule has 0 aromatic rings. The van der Waals surface area contributed by atoms with Gasteiger partial charge in [-0.15, -0.1) is 0 Å². The van der Waals surface area contributed by atoms with Crippen molar-refractivity contribution in [2.75, 3.05) is 25.0 Å². The monoisotopic (exact) mass is 304 g/mol. The maximum atomic E-state index is 11.7. The highest BCUT2D eigenvalue weighted by Gasteiger charge is 2.39. The highest BCUT2D eigenvalue weighted by atomic mass is 79.9. The van der Waals surface area contributed by atoms with Gasteiger partial charge in [-0.05, 0) is 12.8 Å². The normalized spacial score (nSPS) is 31.5. The van der Waals surface area contributed by atoms with Crippen molar-refractivity contribution in [3.8, 4) is 0 Å². The first-order valence-electron chi connectivity index (χ1n) is 6.88. The summed E-state index contributed by atoms with van der Waals surface area (Å²) < 4.78 is 5.63. The summed E-state index contributed by atoms with van der Waals surface area (Å²) in [5, 5.41) is 1.03. The van der Waals surface area contributed by atoms with Crippen LogP contribution in [0.5, 0.6) is 0 Å². The Hall–Kier alpha value is -0.0900. The number of carbonyl (C=O) groups excluding carboxylic acids is 1. The molecule has 0 saturated carbocycles. The van der Waals surface area contributed by atoms with E-state index in [2.05, 4.69) is 15.9 Å². The van der Waals surface area contributed by atoms with Crippen molar-refractivity contribution in [1.29, 1.82) is 0 Å². The Labute approximate surface area is 112 Å². The standard InChI is InChI=1S/C13H22BrNO2/c14-7-3-1-2-4-13(16)17-12-10-15-8-5-11(12)6-9-15/h11-12H,1-10H2/p+1. The van der Waals surface area contributed by atoms with E-state index in [-0.39, 0.29) is 12.1 Å². The zero-order valence-electron chi connectivity index (χ0n) is 10.4. The second-order valence-electron chi connectivity index (χ2n) is 5.32. The first kappa shape index (κ1) is 13.3. The third-order valence-electron chi connectivity index (χ3n) is 4.05. The van der Waals surface area contributed by atoms with E-state index in [1.807, 2.05) is 0 Å². The van der Waals surface area contributed by atoms with Crippen molar-refractivity contribution in [2.45, 2.75) is 44.6 Å². The minimum Gasteiger partial charge on any atom is -0.456 e. The molecule has 1 N–H and O–H groups in total. The van der Waals surface area contributed by atoms with Gasteiger partial charge in [-0.25, -0.2) is 0 Å². The summed E-state index contributed by atoms with van der Waals surface area (Å²) in [6.45, 7) is 3.62. The number of halogens is 1. The molecule has 0 amide bonds. The van der Waals surface area contributed by atoms with E-state index in [0.717, 1.165) is 31.1 Å². The molecule has 3 saturated heterocycles. The summed E-state index contributed by atoms with van der Waals surface area (Å²) in [5.41, 5.74) is 0. The molecule has 1 unspecified atom stereocenters. The van der Waals surface area contributed by atoms with Crippen molar-refractivity contribution in [3.63, 3.8) is 0 Å². The van der Waals surface area contributed by atoms with E-state index in [4.69, 9.17) is 4.74 Å². The lowest BCUT2D eigenvalue weighted by atomic mass is 9.86. The Bertz CT molecular complexity index is 252. The van der Waals surface area contributed by atoms with E-state index < -0.39 is 0 Å². The van der Waals surface area contributed by atoms with Gasteiger partial charge >= 0.3 is 5.97 Å². The maximum Gasteiger partial charge on any atom is 0.306 e. The molecule has 2 bridgehead atoms. The molecule has 3 nitrogen and oxygen atoms in total. The molecule has 0 aromatic carbocycles. The molecule has 17 heavy (non-hydrogen) atoms. The van der Waals surface area contributed by atoms with Crippen LogP contribution in [0.4, 0.5) is 0 Å². The molecule has 3 fully saturated rings. The van der Waals surface area contributed by atoms with Gasteiger partial charge in [0.1, 0.15) is 6.54 Å². The van der Waals surface area contributed by atoms with Gasteiger partial charge in [-0.1, -0.05) is 22.4 Å². The number of unbranched alkanes of at least 4 members (excludes halogenated alkanes) is 2. The van der Waals surface area contributed by atoms with Crippen molar-refractivity contribution >= 4 is 21.9 Å². The quantitative estimate of drug-likeness (QED) is 0.453. The highest BCUT2D eigenvalue weighted by molar-refractivity contribution is 9.09. The first-order valence-corrected chi connectivity index (χ1v) is 8.00. The summed E-state index contributed by atoms with van der Waals surface area (Å²) in [4.78, 5) is 13.3. The van der Waals surface area contributed by atoms with E-state index in [9.17, 15) is 4.79 Å². The molecule has 0 aromatic heterocycles. The van der Waals surface area contributed by atoms with Crippen LogP contribution in [0.1, 0.15) is 38.5 Å². The molecule has 0 spiro atoms. The number of carbonyl (C=O) groups is 1. The molecule has 3 rings (SSSR count). The fourth-order valence-corrected chi connectivity index (χ4v) is 3.38. The lowest BCUT2D eigenvalue weighted by Crippen LogP contribution is -3.16. The third-order valence-corrected chi connectivity index (χ3v) is 4.61. The number of quaternary nitrogens is 1. The van der Waals surface area contributed by atoms with Crippen molar-refractivity contribution in [3.05, 3.63) is 0 Å². The molecule has 1 atom stereocenters. The van der Waals surface area contributed by atoms with Crippen LogP contribution in [0.25, 0.3) is 0 Å². The number of fused-ring (bicyclic) bond motifs is 3. The van der Waals surface area contributed by atoms with Crippen molar-refractivity contribution in [1.82, 2.24) is 0 Å². The number of hydrogen-bond acceptors (Lipinski definition) is 2. The average Bonchev–Trinajstić information content (AvgIpc) is 2.36. The lowest BCUT2D eigenvalue weighted by Gasteiger charge is -2.41. The van der Waals surface area contributed by atoms with Gasteiger partial charge in [0.05, 0.1) is 13.1 Å². The Balaban J connectivity index is 1.65. The van der Waals surface area contributed by atoms with Crippen LogP contribution in [-0.4, -0.2) is 37.0 Å². The van der Waals surface area contributed by atoms with Gasteiger partial charge in [0, 0.05) is 30.5 Å². The smallest absolute Gasteiger partial charge is 0.306 e. The van der Waals surface area contributed by atoms with Crippen LogP contribution >= 0.6 is 15.9 Å². The van der Waals surface area contributed by atoms with Gasteiger partial charge in [-0.3, -0.25) is 4.79 Å². The molecule has 98 valence electrons. The molecule has 0 radical (unpaired) electrons. The summed E-state index contributed by atoms with van der Waals surface area (Å²) in [6, 6.07) is 0. The van der Waals surface area contributed by atoms with Crippen LogP contribution in [0.15, 0.2) is 0 Å². The molecule has 3 aliphatic rings. The fraction of sp³-hybridized carbons (Fsp3) is 0.923. The number of hydrogen-bond donors (Lipinski definition) is 1. The van der Waals surface area contributed by atoms with Crippen molar-refractivity contribution < 1.29 is 14.4 Å². The largest absolute Gasteiger partial charge is 0.456 e. The second kappa shape index (κ2) is 6.74. The second-order valence-corrected chi connectivity index (χ2v) is 6.11. The van der Waals surface area contributed by atoms with Crippen LogP contribution in [0.2, 0.25) is 0 Å². The summed E-state index contributed by atoms with van der Waals surface area (Å²) in [6.07, 6.45) is 6.55. The molecule has 4 heteroatoms. The van der Waals surface area contributed by atoms with Gasteiger partial charge in [0.15, 0.2) is 6.10 Å². The molecule has 0 aliphatic carbocycles. The van der Waals surface area contributed by atoms with Crippen LogP contribution in [-0.2, 0) is 9.53 Å². The van der Waals surface area contributed by atoms with Gasteiger partial charge in [-0.2, -0.15) is 0 Å². The summed E-state index contributed by atoms with van der Waals surface area (Å²) in [5.74, 6) is 0.678. The Kier molecular flexibility index (Phi) is 5.29. The molecule has 3 aliphatic heterocycles. The summed E-state index contributed by atoms with van der Waals surface area (Å²) >= 11 is 3.40. The number of rotatable bonds is 6. The predicted octanol–water partition coefficient (Wildman–Crippen LogP) is 1.16. The molecular formula is C13H23BrNO2+. The predicted molar refractivity (Wildman–Crippen MR) is 70.4 cm³/mol. The van der Waals surface area contributed by atoms with Gasteiger partial charge in [0.25, 0.3) is 0 Å². The highest BCUT2D eigenvalue weighted by Crippen LogP contribution is 2.21. The maximum absolute atomic E-state index is 11.7. The van der Waals surface area contributed by atoms with Crippen LogP contribution < -0.4 is 4.90 Å². The van der Waals surface area contributed by atoms with Crippen LogP contribution in [0.3, 0.4) is 0 Å². The van der Waals surface area contributed by atoms with E-state index in [1.54, 1.807) is 4.90 Å². The lowest BCUT2D eigenvalue weighted by molar-refractivity contribution is -0.920. The van der Waals surface area contributed by atoms with E-state index in [1.165, 1.54) is 25.9 Å². The first-order chi connectivity index (χ1) is 8.29. The van der Waals surface area contributed by atoms with Gasteiger partial charge in [0.2, 0.25) is 0 Å². The number of ether oxygens (including phenoxy) is 1. The van der Waals surface area contributed by atoms with E-state index >= 15 is 0 Å². The number of piperidine rings is 3. The fourth-order valence-electron chi connectivity index (χ4n) is 2.98. The van der Waals surface area contributed by atoms with Crippen molar-refractivity contribution in [2.24, 2.45) is 5.92 Å². The van der Waals surface area contributed by atoms with E-state index in [0.29, 0.717) is 12.3 Å². The molecule has 3 heterocycles. The zero-order chi connectivity index (χ0) is 12.1. The van der Waals surface area contributed by atoms with Gasteiger partial charge < -0.3 is 9.64 Å². The minimum atomic E-state index is 0.0257. The zero-order valence-corrected chi connectivity index (χ0v) is 12.0. The Morgan fingerprint density at radius 3 is 2.59 bits per heavy atom. The number of esters is 1. The van der Waals surface area contributed by atoms with Crippen LogP contribution in [0, 0.1) is 5.92 Å². The number of nitrogens with one attached hydrogen (secondary N) is 1. The number of alkyl halides is 1. The Morgan fingerprint density at radius 2 is 2.00 bits per heavy atom. The molecular weight excluding hydrogens is 282 g/mol. The topological polar surface area (TPSA) is 30.7 Å². The minimum absolute atomic E-state index is 0.0257.